The Morgan fingerprint density at radius 2 is 1.80 bits per heavy atom. The highest BCUT2D eigenvalue weighted by Crippen LogP contribution is 2.40. The number of aliphatic hydroxyl groups excluding tert-OH is 1. The fourth-order valence-corrected chi connectivity index (χ4v) is 1.67. The number of hydrogen-bond donors (Lipinski definition) is 1. The molecule has 0 aliphatic heterocycles. The quantitative estimate of drug-likeness (QED) is 0.810. The lowest BCUT2D eigenvalue weighted by atomic mass is 10.1. The van der Waals surface area contributed by atoms with Gasteiger partial charge in [-0.1, -0.05) is 29.3 Å². The first-order valence-electron chi connectivity index (χ1n) is 3.94. The minimum absolute atomic E-state index is 0.160. The van der Waals surface area contributed by atoms with Crippen LogP contribution in [0.25, 0.3) is 0 Å². The Labute approximate surface area is 94.4 Å². The van der Waals surface area contributed by atoms with Crippen LogP contribution in [0.1, 0.15) is 17.2 Å². The number of alkyl halides is 3. The molecule has 84 valence electrons. The van der Waals surface area contributed by atoms with Crippen LogP contribution in [0.3, 0.4) is 0 Å². The van der Waals surface area contributed by atoms with Gasteiger partial charge in [0, 0.05) is 10.6 Å². The summed E-state index contributed by atoms with van der Waals surface area (Å²) in [6.07, 6.45) is -7.43. The second-order valence-electron chi connectivity index (χ2n) is 3.04. The molecule has 1 aromatic rings. The zero-order chi connectivity index (χ0) is 11.8. The SMILES string of the molecule is Cc1ccc(Cl)c(C(O)C(F)(F)F)c1Cl. The summed E-state index contributed by atoms with van der Waals surface area (Å²) in [7, 11) is 0. The van der Waals surface area contributed by atoms with E-state index < -0.39 is 17.8 Å². The molecule has 0 bridgehead atoms. The summed E-state index contributed by atoms with van der Waals surface area (Å²) >= 11 is 11.2. The van der Waals surface area contributed by atoms with Crippen LogP contribution in [-0.4, -0.2) is 11.3 Å². The Hall–Kier alpha value is -0.450. The van der Waals surface area contributed by atoms with Gasteiger partial charge in [-0.05, 0) is 18.6 Å². The van der Waals surface area contributed by atoms with Gasteiger partial charge in [0.25, 0.3) is 0 Å². The largest absolute Gasteiger partial charge is 0.418 e. The smallest absolute Gasteiger partial charge is 0.379 e. The molecule has 0 radical (unpaired) electrons. The molecule has 0 fully saturated rings. The first-order valence-corrected chi connectivity index (χ1v) is 4.70. The molecule has 1 atom stereocenters. The van der Waals surface area contributed by atoms with E-state index in [0.717, 1.165) is 0 Å². The van der Waals surface area contributed by atoms with Gasteiger partial charge in [-0.15, -0.1) is 0 Å². The molecule has 0 saturated heterocycles. The highest BCUT2D eigenvalue weighted by Gasteiger charge is 2.41. The van der Waals surface area contributed by atoms with Crippen LogP contribution in [-0.2, 0) is 0 Å². The lowest BCUT2D eigenvalue weighted by molar-refractivity contribution is -0.206. The number of benzene rings is 1. The van der Waals surface area contributed by atoms with Crippen molar-refractivity contribution in [3.8, 4) is 0 Å². The number of aryl methyl sites for hydroxylation is 1. The number of aliphatic hydroxyl groups is 1. The van der Waals surface area contributed by atoms with Crippen molar-refractivity contribution in [1.29, 1.82) is 0 Å². The summed E-state index contributed by atoms with van der Waals surface area (Å²) < 4.78 is 36.8. The third kappa shape index (κ3) is 2.56. The van der Waals surface area contributed by atoms with Crippen LogP contribution in [0.15, 0.2) is 12.1 Å². The van der Waals surface area contributed by atoms with E-state index in [1.54, 1.807) is 0 Å². The van der Waals surface area contributed by atoms with Crippen molar-refractivity contribution in [1.82, 2.24) is 0 Å². The Morgan fingerprint density at radius 3 is 2.27 bits per heavy atom. The Kier molecular flexibility index (Phi) is 3.53. The predicted octanol–water partition coefficient (Wildman–Crippen LogP) is 3.90. The predicted molar refractivity (Wildman–Crippen MR) is 52.2 cm³/mol. The van der Waals surface area contributed by atoms with Crippen molar-refractivity contribution >= 4 is 23.2 Å². The van der Waals surface area contributed by atoms with E-state index in [2.05, 4.69) is 0 Å². The van der Waals surface area contributed by atoms with Crippen molar-refractivity contribution in [2.45, 2.75) is 19.2 Å². The minimum atomic E-state index is -4.78. The molecule has 0 spiro atoms. The lowest BCUT2D eigenvalue weighted by Crippen LogP contribution is -2.21. The molecule has 0 aliphatic carbocycles. The van der Waals surface area contributed by atoms with Crippen LogP contribution in [0.2, 0.25) is 10.0 Å². The molecule has 1 unspecified atom stereocenters. The molecule has 0 amide bonds. The molecule has 0 aromatic heterocycles. The molecule has 0 saturated carbocycles. The van der Waals surface area contributed by atoms with Gasteiger partial charge in [-0.3, -0.25) is 0 Å². The van der Waals surface area contributed by atoms with E-state index in [1.165, 1.54) is 19.1 Å². The first kappa shape index (κ1) is 12.6. The molecule has 1 N–H and O–H groups in total. The van der Waals surface area contributed by atoms with Gasteiger partial charge in [-0.2, -0.15) is 13.2 Å². The summed E-state index contributed by atoms with van der Waals surface area (Å²) in [6.45, 7) is 1.53. The minimum Gasteiger partial charge on any atom is -0.379 e. The van der Waals surface area contributed by atoms with Gasteiger partial charge < -0.3 is 5.11 Å². The van der Waals surface area contributed by atoms with Gasteiger partial charge >= 0.3 is 6.18 Å². The fraction of sp³-hybridized carbons (Fsp3) is 0.333. The zero-order valence-corrected chi connectivity index (χ0v) is 9.08. The molecule has 1 aromatic carbocycles. The van der Waals surface area contributed by atoms with E-state index in [9.17, 15) is 13.2 Å². The second kappa shape index (κ2) is 4.20. The molecule has 0 aliphatic rings. The van der Waals surface area contributed by atoms with Crippen LogP contribution in [0.4, 0.5) is 13.2 Å². The third-order valence-electron chi connectivity index (χ3n) is 1.90. The lowest BCUT2D eigenvalue weighted by Gasteiger charge is -2.18. The second-order valence-corrected chi connectivity index (χ2v) is 3.82. The number of hydrogen-bond acceptors (Lipinski definition) is 1. The van der Waals surface area contributed by atoms with Crippen molar-refractivity contribution in [2.75, 3.05) is 0 Å². The maximum atomic E-state index is 12.3. The number of rotatable bonds is 1. The van der Waals surface area contributed by atoms with Crippen molar-refractivity contribution in [3.63, 3.8) is 0 Å². The standard InChI is InChI=1S/C9H7Cl2F3O/c1-4-2-3-5(10)6(7(4)11)8(15)9(12,13)14/h2-3,8,15H,1H3. The van der Waals surface area contributed by atoms with Gasteiger partial charge in [0.15, 0.2) is 6.10 Å². The molecule has 1 nitrogen and oxygen atoms in total. The summed E-state index contributed by atoms with van der Waals surface area (Å²) in [5, 5.41) is 8.69. The average Bonchev–Trinajstić information content (AvgIpc) is 2.10. The van der Waals surface area contributed by atoms with E-state index in [-0.39, 0.29) is 10.0 Å². The van der Waals surface area contributed by atoms with Gasteiger partial charge in [0.05, 0.1) is 5.02 Å². The monoisotopic (exact) mass is 258 g/mol. The Balaban J connectivity index is 3.31. The van der Waals surface area contributed by atoms with Gasteiger partial charge in [-0.25, -0.2) is 0 Å². The topological polar surface area (TPSA) is 20.2 Å². The number of halogens is 5. The van der Waals surface area contributed by atoms with E-state index >= 15 is 0 Å². The normalized spacial score (nSPS) is 14.1. The average molecular weight is 259 g/mol. The first-order chi connectivity index (χ1) is 6.75. The summed E-state index contributed by atoms with van der Waals surface area (Å²) in [6, 6.07) is 2.75. The van der Waals surface area contributed by atoms with E-state index in [1.807, 2.05) is 0 Å². The Morgan fingerprint density at radius 1 is 1.27 bits per heavy atom. The molecule has 1 rings (SSSR count). The van der Waals surface area contributed by atoms with Crippen molar-refractivity contribution < 1.29 is 18.3 Å². The summed E-state index contributed by atoms with van der Waals surface area (Å²) in [4.78, 5) is 0. The maximum absolute atomic E-state index is 12.3. The third-order valence-corrected chi connectivity index (χ3v) is 2.73. The van der Waals surface area contributed by atoms with Crippen LogP contribution >= 0.6 is 23.2 Å². The molecular formula is C9H7Cl2F3O. The van der Waals surface area contributed by atoms with Crippen LogP contribution in [0, 0.1) is 6.92 Å². The van der Waals surface area contributed by atoms with Crippen molar-refractivity contribution in [2.24, 2.45) is 0 Å². The van der Waals surface area contributed by atoms with Crippen LogP contribution < -0.4 is 0 Å². The summed E-state index contributed by atoms with van der Waals surface area (Å²) in [5.74, 6) is 0. The molecule has 15 heavy (non-hydrogen) atoms. The summed E-state index contributed by atoms with van der Waals surface area (Å²) in [5.41, 5.74) is -0.0646. The maximum Gasteiger partial charge on any atom is 0.418 e. The Bertz CT molecular complexity index is 376. The van der Waals surface area contributed by atoms with E-state index in [4.69, 9.17) is 28.3 Å². The fourth-order valence-electron chi connectivity index (χ4n) is 1.09. The molecule has 6 heteroatoms. The molecule has 0 heterocycles. The van der Waals surface area contributed by atoms with Crippen molar-refractivity contribution in [3.05, 3.63) is 33.3 Å². The zero-order valence-electron chi connectivity index (χ0n) is 7.57. The van der Waals surface area contributed by atoms with Gasteiger partial charge in [0.1, 0.15) is 0 Å². The highest BCUT2D eigenvalue weighted by atomic mass is 35.5. The molecular weight excluding hydrogens is 252 g/mol. The van der Waals surface area contributed by atoms with Gasteiger partial charge in [0.2, 0.25) is 0 Å². The highest BCUT2D eigenvalue weighted by molar-refractivity contribution is 6.36. The van der Waals surface area contributed by atoms with E-state index in [0.29, 0.717) is 5.56 Å². The van der Waals surface area contributed by atoms with Crippen LogP contribution in [0.5, 0.6) is 0 Å².